The van der Waals surface area contributed by atoms with Crippen molar-refractivity contribution in [2.75, 3.05) is 0 Å². The van der Waals surface area contributed by atoms with E-state index < -0.39 is 0 Å². The number of rotatable bonds is 2. The van der Waals surface area contributed by atoms with E-state index in [1.807, 2.05) is 30.5 Å². The molecular weight excluding hydrogens is 138 g/mol. The van der Waals surface area contributed by atoms with Gasteiger partial charge < -0.3 is 4.57 Å². The molecule has 0 atom stereocenters. The zero-order chi connectivity index (χ0) is 8.43. The van der Waals surface area contributed by atoms with Gasteiger partial charge in [-0.25, -0.2) is 0 Å². The van der Waals surface area contributed by atoms with Gasteiger partial charge in [0, 0.05) is 11.4 Å². The number of hydrogen-bond acceptors (Lipinski definition) is 1. The van der Waals surface area contributed by atoms with Crippen molar-refractivity contribution in [1.29, 1.82) is 0 Å². The highest BCUT2D eigenvalue weighted by Crippen LogP contribution is 2.06. The molecule has 11 heavy (non-hydrogen) atoms. The summed E-state index contributed by atoms with van der Waals surface area (Å²) in [6.07, 6.45) is 0. The van der Waals surface area contributed by atoms with Crippen LogP contribution in [0.5, 0.6) is 0 Å². The van der Waals surface area contributed by atoms with E-state index in [2.05, 4.69) is 0 Å². The number of nitrogens with zero attached hydrogens (tertiary/aromatic N) is 1. The van der Waals surface area contributed by atoms with Crippen molar-refractivity contribution >= 4 is 5.78 Å². The van der Waals surface area contributed by atoms with E-state index in [0.29, 0.717) is 6.54 Å². The summed E-state index contributed by atoms with van der Waals surface area (Å²) in [4.78, 5) is 10.8. The SMILES string of the molecule is CC(=O)Cn1c(C)ccc1C. The number of Topliss-reactive ketones (excluding diaryl/α,β-unsaturated/α-hetero) is 1. The van der Waals surface area contributed by atoms with Gasteiger partial charge >= 0.3 is 0 Å². The molecule has 0 fully saturated rings. The molecule has 0 unspecified atom stereocenters. The summed E-state index contributed by atoms with van der Waals surface area (Å²) in [6, 6.07) is 4.05. The number of hydrogen-bond donors (Lipinski definition) is 0. The Morgan fingerprint density at radius 1 is 1.36 bits per heavy atom. The third-order valence-electron chi connectivity index (χ3n) is 1.80. The van der Waals surface area contributed by atoms with E-state index in [9.17, 15) is 4.79 Å². The lowest BCUT2D eigenvalue weighted by atomic mass is 10.4. The van der Waals surface area contributed by atoms with Gasteiger partial charge in [-0.3, -0.25) is 4.79 Å². The van der Waals surface area contributed by atoms with Crippen molar-refractivity contribution in [1.82, 2.24) is 4.57 Å². The maximum atomic E-state index is 10.8. The van der Waals surface area contributed by atoms with Crippen molar-refractivity contribution < 1.29 is 4.79 Å². The molecule has 0 aromatic carbocycles. The summed E-state index contributed by atoms with van der Waals surface area (Å²) < 4.78 is 2.02. The number of carbonyl (C=O) groups excluding carboxylic acids is 1. The van der Waals surface area contributed by atoms with Crippen LogP contribution in [0.25, 0.3) is 0 Å². The molecule has 0 aliphatic carbocycles. The number of aromatic nitrogens is 1. The average Bonchev–Trinajstić information content (AvgIpc) is 2.18. The van der Waals surface area contributed by atoms with Gasteiger partial charge in [0.25, 0.3) is 0 Å². The summed E-state index contributed by atoms with van der Waals surface area (Å²) in [6.45, 7) is 6.13. The molecule has 1 aromatic rings. The first-order valence-corrected chi connectivity index (χ1v) is 3.73. The van der Waals surface area contributed by atoms with Crippen LogP contribution in [0.1, 0.15) is 18.3 Å². The third-order valence-corrected chi connectivity index (χ3v) is 1.80. The Bertz CT molecular complexity index is 254. The predicted molar refractivity (Wildman–Crippen MR) is 44.6 cm³/mol. The highest BCUT2D eigenvalue weighted by atomic mass is 16.1. The molecule has 0 aliphatic rings. The Morgan fingerprint density at radius 3 is 2.18 bits per heavy atom. The highest BCUT2D eigenvalue weighted by molar-refractivity contribution is 5.75. The number of carbonyl (C=O) groups is 1. The van der Waals surface area contributed by atoms with Gasteiger partial charge in [-0.05, 0) is 32.9 Å². The lowest BCUT2D eigenvalue weighted by Gasteiger charge is -2.05. The third kappa shape index (κ3) is 1.70. The van der Waals surface area contributed by atoms with E-state index in [1.165, 1.54) is 0 Å². The van der Waals surface area contributed by atoms with Crippen LogP contribution in [-0.2, 0) is 11.3 Å². The highest BCUT2D eigenvalue weighted by Gasteiger charge is 2.01. The molecule has 1 aromatic heterocycles. The molecule has 0 amide bonds. The van der Waals surface area contributed by atoms with Crippen LogP contribution in [0, 0.1) is 13.8 Å². The Labute approximate surface area is 66.8 Å². The molecule has 0 aliphatic heterocycles. The molecule has 0 radical (unpaired) electrons. The zero-order valence-corrected chi connectivity index (χ0v) is 7.22. The minimum absolute atomic E-state index is 0.201. The van der Waals surface area contributed by atoms with Gasteiger partial charge in [0.1, 0.15) is 5.78 Å². The molecular formula is C9H13NO. The molecule has 0 N–H and O–H groups in total. The minimum Gasteiger partial charge on any atom is -0.342 e. The first-order valence-electron chi connectivity index (χ1n) is 3.73. The Kier molecular flexibility index (Phi) is 2.13. The molecule has 1 heterocycles. The second-order valence-corrected chi connectivity index (χ2v) is 2.90. The lowest BCUT2D eigenvalue weighted by molar-refractivity contribution is -0.117. The fourth-order valence-corrected chi connectivity index (χ4v) is 1.17. The molecule has 0 saturated heterocycles. The summed E-state index contributed by atoms with van der Waals surface area (Å²) >= 11 is 0. The second-order valence-electron chi connectivity index (χ2n) is 2.90. The normalized spacial score (nSPS) is 10.1. The van der Waals surface area contributed by atoms with E-state index >= 15 is 0 Å². The summed E-state index contributed by atoms with van der Waals surface area (Å²) in [7, 11) is 0. The monoisotopic (exact) mass is 151 g/mol. The van der Waals surface area contributed by atoms with Crippen LogP contribution >= 0.6 is 0 Å². The maximum absolute atomic E-state index is 10.8. The smallest absolute Gasteiger partial charge is 0.149 e. The Morgan fingerprint density at radius 2 is 1.82 bits per heavy atom. The fourth-order valence-electron chi connectivity index (χ4n) is 1.17. The fraction of sp³-hybridized carbons (Fsp3) is 0.444. The number of aryl methyl sites for hydroxylation is 2. The Hall–Kier alpha value is -1.05. The van der Waals surface area contributed by atoms with Crippen LogP contribution in [0.3, 0.4) is 0 Å². The van der Waals surface area contributed by atoms with E-state index in [4.69, 9.17) is 0 Å². The van der Waals surface area contributed by atoms with E-state index in [0.717, 1.165) is 11.4 Å². The van der Waals surface area contributed by atoms with Crippen molar-refractivity contribution in [3.8, 4) is 0 Å². The van der Waals surface area contributed by atoms with Gasteiger partial charge in [-0.2, -0.15) is 0 Å². The van der Waals surface area contributed by atoms with Gasteiger partial charge in [0.2, 0.25) is 0 Å². The van der Waals surface area contributed by atoms with Gasteiger partial charge in [0.05, 0.1) is 6.54 Å². The van der Waals surface area contributed by atoms with Crippen LogP contribution in [0.2, 0.25) is 0 Å². The quantitative estimate of drug-likeness (QED) is 0.630. The lowest BCUT2D eigenvalue weighted by Crippen LogP contribution is -2.08. The summed E-state index contributed by atoms with van der Waals surface area (Å²) in [5.41, 5.74) is 2.30. The molecule has 0 bridgehead atoms. The molecule has 0 saturated carbocycles. The summed E-state index contributed by atoms with van der Waals surface area (Å²) in [5, 5.41) is 0. The molecule has 1 rings (SSSR count). The average molecular weight is 151 g/mol. The van der Waals surface area contributed by atoms with Crippen molar-refractivity contribution in [3.05, 3.63) is 23.5 Å². The van der Waals surface area contributed by atoms with Crippen LogP contribution in [0.4, 0.5) is 0 Å². The van der Waals surface area contributed by atoms with Crippen molar-refractivity contribution in [2.45, 2.75) is 27.3 Å². The first kappa shape index (κ1) is 8.05. The van der Waals surface area contributed by atoms with Crippen LogP contribution in [-0.4, -0.2) is 10.4 Å². The minimum atomic E-state index is 0.201. The largest absolute Gasteiger partial charge is 0.342 e. The van der Waals surface area contributed by atoms with Crippen molar-refractivity contribution in [2.24, 2.45) is 0 Å². The predicted octanol–water partition coefficient (Wildman–Crippen LogP) is 1.69. The van der Waals surface area contributed by atoms with Crippen molar-refractivity contribution in [3.63, 3.8) is 0 Å². The number of ketones is 1. The molecule has 0 spiro atoms. The van der Waals surface area contributed by atoms with Gasteiger partial charge in [0.15, 0.2) is 0 Å². The maximum Gasteiger partial charge on any atom is 0.149 e. The van der Waals surface area contributed by atoms with Gasteiger partial charge in [-0.1, -0.05) is 0 Å². The zero-order valence-electron chi connectivity index (χ0n) is 7.22. The van der Waals surface area contributed by atoms with Gasteiger partial charge in [-0.15, -0.1) is 0 Å². The topological polar surface area (TPSA) is 22.0 Å². The Balaban J connectivity index is 2.92. The molecule has 2 nitrogen and oxygen atoms in total. The van der Waals surface area contributed by atoms with Crippen LogP contribution < -0.4 is 0 Å². The van der Waals surface area contributed by atoms with E-state index in [-0.39, 0.29) is 5.78 Å². The molecule has 60 valence electrons. The standard InChI is InChI=1S/C9H13NO/c1-7-4-5-8(2)10(7)6-9(3)11/h4-5H,6H2,1-3H3. The van der Waals surface area contributed by atoms with Crippen LogP contribution in [0.15, 0.2) is 12.1 Å². The van der Waals surface area contributed by atoms with E-state index in [1.54, 1.807) is 6.92 Å². The first-order chi connectivity index (χ1) is 5.11. The second kappa shape index (κ2) is 2.91. The molecule has 2 heteroatoms. The summed E-state index contributed by atoms with van der Waals surface area (Å²) in [5.74, 6) is 0.201.